The summed E-state index contributed by atoms with van der Waals surface area (Å²) in [4.78, 5) is 119. The highest BCUT2D eigenvalue weighted by Crippen LogP contribution is 2.25. The molecule has 0 spiro atoms. The van der Waals surface area contributed by atoms with Crippen LogP contribution in [0, 0.1) is 0 Å². The number of hydrogen-bond acceptors (Lipinski definition) is 11. The van der Waals surface area contributed by atoms with E-state index >= 15 is 0 Å². The number of likely N-dealkylation sites (tertiary alicyclic amines) is 1. The van der Waals surface area contributed by atoms with Crippen molar-refractivity contribution in [2.45, 2.75) is 109 Å². The van der Waals surface area contributed by atoms with E-state index in [2.05, 4.69) is 21.3 Å². The number of ketones is 1. The van der Waals surface area contributed by atoms with Gasteiger partial charge in [-0.05, 0) is 69.4 Å². The predicted octanol–water partition coefficient (Wildman–Crippen LogP) is 2.49. The molecule has 342 valence electrons. The average Bonchev–Trinajstić information content (AvgIpc) is 3.70. The summed E-state index contributed by atoms with van der Waals surface area (Å²) in [5, 5.41) is 19.4. The van der Waals surface area contributed by atoms with Crippen LogP contribution in [-0.2, 0) is 49.6 Å². The van der Waals surface area contributed by atoms with E-state index in [1.54, 1.807) is 58.0 Å². The number of esters is 1. The second kappa shape index (κ2) is 23.5. The standard InChI is InChI=1S/C46H56N6O12/c1-5-14-33(39(55)43(59)48-25-36(53)51-38(40(47)56)29-17-10-7-11-18-29)49-42(58)35-24-32(63-27-28-15-8-6-9-16-28)26-52(35)44(60)34(21-13-22-37(54)64-46(2,3)4)50-41(57)30-19-12-20-31(23-30)45(61)62/h6-12,15-20,23,32-35,38H,5,13-14,21-22,24-27H2,1-4H3,(H2,47,56)(H,48,59)(H,49,58)(H,50,57)(H,51,53)(H,61,62). The lowest BCUT2D eigenvalue weighted by molar-refractivity contribution is -0.155. The molecule has 0 aliphatic carbocycles. The molecule has 3 aromatic carbocycles. The SMILES string of the molecule is CCCC(NC(=O)C1CC(OCc2ccccc2)CN1C(=O)C(CCCC(=O)OC(C)(C)C)NC(=O)c1cccc(C(=O)O)c1)C(=O)C(=O)NCC(=O)NC(C(N)=O)c1ccccc1. The normalized spacial score (nSPS) is 16.0. The minimum Gasteiger partial charge on any atom is -0.478 e. The molecule has 6 amide bonds. The summed E-state index contributed by atoms with van der Waals surface area (Å²) in [7, 11) is 0. The number of carbonyl (C=O) groups excluding carboxylic acids is 8. The van der Waals surface area contributed by atoms with Crippen molar-refractivity contribution in [3.05, 3.63) is 107 Å². The Balaban J connectivity index is 1.55. The lowest BCUT2D eigenvalue weighted by atomic mass is 10.0. The third-order valence-electron chi connectivity index (χ3n) is 10.0. The molecule has 5 unspecified atom stereocenters. The first-order chi connectivity index (χ1) is 30.4. The Kier molecular flexibility index (Phi) is 18.2. The van der Waals surface area contributed by atoms with E-state index in [1.165, 1.54) is 23.1 Å². The van der Waals surface area contributed by atoms with Crippen LogP contribution in [0.5, 0.6) is 0 Å². The number of nitrogens with one attached hydrogen (secondary N) is 4. The minimum atomic E-state index is -1.38. The Morgan fingerprint density at radius 2 is 1.48 bits per heavy atom. The molecule has 3 aromatic rings. The Morgan fingerprint density at radius 1 is 0.828 bits per heavy atom. The van der Waals surface area contributed by atoms with Crippen molar-refractivity contribution in [1.29, 1.82) is 0 Å². The number of benzene rings is 3. The summed E-state index contributed by atoms with van der Waals surface area (Å²) < 4.78 is 11.6. The molecule has 0 bridgehead atoms. The monoisotopic (exact) mass is 884 g/mol. The topological polar surface area (TPSA) is 270 Å². The van der Waals surface area contributed by atoms with Gasteiger partial charge in [-0.25, -0.2) is 4.79 Å². The number of amides is 6. The number of carbonyl (C=O) groups is 9. The maximum atomic E-state index is 14.6. The van der Waals surface area contributed by atoms with Gasteiger partial charge in [0.05, 0.1) is 30.9 Å². The fourth-order valence-corrected chi connectivity index (χ4v) is 6.94. The highest BCUT2D eigenvalue weighted by atomic mass is 16.6. The molecule has 1 fully saturated rings. The first-order valence-electron chi connectivity index (χ1n) is 20.9. The highest BCUT2D eigenvalue weighted by molar-refractivity contribution is 6.38. The lowest BCUT2D eigenvalue weighted by Gasteiger charge is -2.29. The van der Waals surface area contributed by atoms with Gasteiger partial charge in [0, 0.05) is 24.9 Å². The zero-order valence-corrected chi connectivity index (χ0v) is 36.3. The van der Waals surface area contributed by atoms with E-state index in [0.29, 0.717) is 12.0 Å². The number of nitrogens with two attached hydrogens (primary N) is 1. The maximum absolute atomic E-state index is 14.6. The summed E-state index contributed by atoms with van der Waals surface area (Å²) >= 11 is 0. The maximum Gasteiger partial charge on any atom is 0.335 e. The van der Waals surface area contributed by atoms with Crippen molar-refractivity contribution in [1.82, 2.24) is 26.2 Å². The van der Waals surface area contributed by atoms with E-state index in [9.17, 15) is 48.3 Å². The van der Waals surface area contributed by atoms with Crippen LogP contribution in [0.1, 0.15) is 104 Å². The van der Waals surface area contributed by atoms with Crippen LogP contribution in [0.25, 0.3) is 0 Å². The average molecular weight is 885 g/mol. The van der Waals surface area contributed by atoms with E-state index < -0.39 is 95.6 Å². The number of hydrogen-bond donors (Lipinski definition) is 6. The van der Waals surface area contributed by atoms with Crippen molar-refractivity contribution >= 4 is 53.2 Å². The molecule has 5 atom stereocenters. The van der Waals surface area contributed by atoms with Crippen molar-refractivity contribution in [2.24, 2.45) is 5.73 Å². The Labute approximate surface area is 371 Å². The third kappa shape index (κ3) is 15.1. The number of nitrogens with zero attached hydrogens (tertiary/aromatic N) is 1. The molecule has 0 aromatic heterocycles. The van der Waals surface area contributed by atoms with Crippen LogP contribution >= 0.6 is 0 Å². The number of rotatable bonds is 22. The van der Waals surface area contributed by atoms with Crippen LogP contribution in [-0.4, -0.2) is 106 Å². The molecule has 0 radical (unpaired) electrons. The van der Waals surface area contributed by atoms with E-state index in [1.807, 2.05) is 30.3 Å². The van der Waals surface area contributed by atoms with Crippen molar-refractivity contribution < 1.29 is 57.7 Å². The smallest absolute Gasteiger partial charge is 0.335 e. The van der Waals surface area contributed by atoms with Crippen molar-refractivity contribution in [3.8, 4) is 0 Å². The molecule has 7 N–H and O–H groups in total. The molecule has 1 saturated heterocycles. The molecular weight excluding hydrogens is 829 g/mol. The van der Waals surface area contributed by atoms with Gasteiger partial charge >= 0.3 is 11.9 Å². The zero-order valence-electron chi connectivity index (χ0n) is 36.3. The van der Waals surface area contributed by atoms with Gasteiger partial charge in [-0.1, -0.05) is 80.1 Å². The molecule has 64 heavy (non-hydrogen) atoms. The summed E-state index contributed by atoms with van der Waals surface area (Å²) in [6, 6.07) is 17.4. The van der Waals surface area contributed by atoms with Gasteiger partial charge in [-0.15, -0.1) is 0 Å². The second-order valence-corrected chi connectivity index (χ2v) is 16.3. The van der Waals surface area contributed by atoms with Crippen LogP contribution < -0.4 is 27.0 Å². The molecule has 4 rings (SSSR count). The van der Waals surface area contributed by atoms with Gasteiger partial charge in [-0.2, -0.15) is 0 Å². The summed E-state index contributed by atoms with van der Waals surface area (Å²) in [6.07, 6.45) is -0.504. The molecule has 18 heteroatoms. The predicted molar refractivity (Wildman–Crippen MR) is 231 cm³/mol. The third-order valence-corrected chi connectivity index (χ3v) is 10.0. The van der Waals surface area contributed by atoms with Gasteiger partial charge in [0.15, 0.2) is 0 Å². The Morgan fingerprint density at radius 3 is 2.11 bits per heavy atom. The number of ether oxygens (including phenoxy) is 2. The van der Waals surface area contributed by atoms with Crippen molar-refractivity contribution in [3.63, 3.8) is 0 Å². The largest absolute Gasteiger partial charge is 0.478 e. The summed E-state index contributed by atoms with van der Waals surface area (Å²) in [6.45, 7) is 6.16. The van der Waals surface area contributed by atoms with Crippen LogP contribution in [0.2, 0.25) is 0 Å². The van der Waals surface area contributed by atoms with Gasteiger partial charge in [0.2, 0.25) is 29.4 Å². The van der Waals surface area contributed by atoms with Crippen molar-refractivity contribution in [2.75, 3.05) is 13.1 Å². The number of primary amides is 1. The van der Waals surface area contributed by atoms with Gasteiger partial charge in [0.1, 0.15) is 23.7 Å². The minimum absolute atomic E-state index is 0.00923. The highest BCUT2D eigenvalue weighted by Gasteiger charge is 2.44. The number of carboxylic acid groups (broad SMARTS) is 1. The molecule has 1 aliphatic rings. The van der Waals surface area contributed by atoms with Gasteiger partial charge in [0.25, 0.3) is 11.8 Å². The van der Waals surface area contributed by atoms with Crippen LogP contribution in [0.3, 0.4) is 0 Å². The summed E-state index contributed by atoms with van der Waals surface area (Å²) in [5.74, 6) is -8.02. The summed E-state index contributed by atoms with van der Waals surface area (Å²) in [5.41, 5.74) is 5.72. The zero-order chi connectivity index (χ0) is 47.0. The number of carboxylic acids is 1. The van der Waals surface area contributed by atoms with E-state index in [0.717, 1.165) is 11.6 Å². The van der Waals surface area contributed by atoms with Gasteiger partial charge in [-0.3, -0.25) is 38.4 Å². The second-order valence-electron chi connectivity index (χ2n) is 16.3. The number of aromatic carboxylic acids is 1. The van der Waals surface area contributed by atoms with Gasteiger partial charge < -0.3 is 46.5 Å². The first-order valence-corrected chi connectivity index (χ1v) is 20.9. The quantitative estimate of drug-likeness (QED) is 0.0628. The number of Topliss-reactive ketones (excluding diaryl/α,β-unsaturated/α-hetero) is 1. The Hall–Kier alpha value is -6.95. The molecular formula is C46H56N6O12. The van der Waals surface area contributed by atoms with E-state index in [4.69, 9.17) is 15.2 Å². The molecule has 1 aliphatic heterocycles. The van der Waals surface area contributed by atoms with Crippen LogP contribution in [0.4, 0.5) is 0 Å². The molecule has 0 saturated carbocycles. The molecule has 18 nitrogen and oxygen atoms in total. The first kappa shape index (κ1) is 49.7. The lowest BCUT2D eigenvalue weighted by Crippen LogP contribution is -2.56. The fourth-order valence-electron chi connectivity index (χ4n) is 6.94. The molecule has 1 heterocycles. The fraction of sp³-hybridized carbons (Fsp3) is 0.413. The van der Waals surface area contributed by atoms with Crippen LogP contribution in [0.15, 0.2) is 84.9 Å². The van der Waals surface area contributed by atoms with E-state index in [-0.39, 0.29) is 56.4 Å². The Bertz CT molecular complexity index is 2160.